The standard InChI is InChI=1S/C14H17NO2/c1-4-6-10-9(5-2)7-8(3)11-12(10)14(17)15-13(11)16/h7H,4-6H2,1-3H3,(H,15,16,17). The van der Waals surface area contributed by atoms with Crippen molar-refractivity contribution >= 4 is 11.8 Å². The molecule has 0 fully saturated rings. The summed E-state index contributed by atoms with van der Waals surface area (Å²) >= 11 is 0. The lowest BCUT2D eigenvalue weighted by atomic mass is 9.90. The first-order chi connectivity index (χ1) is 8.10. The number of carbonyl (C=O) groups is 2. The van der Waals surface area contributed by atoms with Gasteiger partial charge in [0.25, 0.3) is 11.8 Å². The number of amides is 2. The van der Waals surface area contributed by atoms with Gasteiger partial charge in [0.15, 0.2) is 0 Å². The molecule has 1 aliphatic rings. The molecule has 0 saturated carbocycles. The van der Waals surface area contributed by atoms with Gasteiger partial charge in [0.1, 0.15) is 0 Å². The Kier molecular flexibility index (Phi) is 3.01. The van der Waals surface area contributed by atoms with Gasteiger partial charge in [-0.3, -0.25) is 14.9 Å². The monoisotopic (exact) mass is 231 g/mol. The van der Waals surface area contributed by atoms with Crippen molar-refractivity contribution in [1.29, 1.82) is 0 Å². The highest BCUT2D eigenvalue weighted by Gasteiger charge is 2.31. The molecule has 3 heteroatoms. The van der Waals surface area contributed by atoms with Crippen LogP contribution < -0.4 is 5.32 Å². The highest BCUT2D eigenvalue weighted by atomic mass is 16.2. The first kappa shape index (κ1) is 11.8. The SMILES string of the molecule is CCCc1c(CC)cc(C)c2c1C(=O)NC2=O. The van der Waals surface area contributed by atoms with Gasteiger partial charge in [-0.1, -0.05) is 26.3 Å². The molecule has 0 saturated heterocycles. The van der Waals surface area contributed by atoms with E-state index in [0.29, 0.717) is 11.1 Å². The fourth-order valence-electron chi connectivity index (χ4n) is 2.55. The van der Waals surface area contributed by atoms with Crippen LogP contribution in [-0.4, -0.2) is 11.8 Å². The minimum Gasteiger partial charge on any atom is -0.288 e. The van der Waals surface area contributed by atoms with Gasteiger partial charge in [-0.05, 0) is 36.5 Å². The van der Waals surface area contributed by atoms with Gasteiger partial charge in [-0.25, -0.2) is 0 Å². The summed E-state index contributed by atoms with van der Waals surface area (Å²) in [5.41, 5.74) is 4.34. The van der Waals surface area contributed by atoms with E-state index in [9.17, 15) is 9.59 Å². The molecule has 1 heterocycles. The van der Waals surface area contributed by atoms with Crippen molar-refractivity contribution in [3.63, 3.8) is 0 Å². The number of imide groups is 1. The average Bonchev–Trinajstić information content (AvgIpc) is 2.58. The van der Waals surface area contributed by atoms with Gasteiger partial charge in [0.05, 0.1) is 11.1 Å². The average molecular weight is 231 g/mol. The second-order valence-electron chi connectivity index (χ2n) is 4.47. The molecule has 2 amide bonds. The molecule has 0 unspecified atom stereocenters. The Morgan fingerprint density at radius 3 is 2.35 bits per heavy atom. The van der Waals surface area contributed by atoms with E-state index in [0.717, 1.165) is 30.4 Å². The molecule has 1 aromatic carbocycles. The Morgan fingerprint density at radius 2 is 1.76 bits per heavy atom. The third-order valence-electron chi connectivity index (χ3n) is 3.29. The van der Waals surface area contributed by atoms with Crippen LogP contribution in [0.25, 0.3) is 0 Å². The van der Waals surface area contributed by atoms with Gasteiger partial charge in [0.2, 0.25) is 0 Å². The number of rotatable bonds is 3. The van der Waals surface area contributed by atoms with Crippen molar-refractivity contribution in [2.24, 2.45) is 0 Å². The maximum Gasteiger partial charge on any atom is 0.259 e. The number of hydrogen-bond donors (Lipinski definition) is 1. The van der Waals surface area contributed by atoms with Crippen LogP contribution in [0.15, 0.2) is 6.07 Å². The van der Waals surface area contributed by atoms with E-state index in [1.165, 1.54) is 5.56 Å². The Balaban J connectivity index is 2.73. The Morgan fingerprint density at radius 1 is 1.12 bits per heavy atom. The summed E-state index contributed by atoms with van der Waals surface area (Å²) in [6, 6.07) is 2.04. The van der Waals surface area contributed by atoms with Crippen molar-refractivity contribution in [2.45, 2.75) is 40.0 Å². The first-order valence-corrected chi connectivity index (χ1v) is 6.11. The van der Waals surface area contributed by atoms with Crippen molar-refractivity contribution in [2.75, 3.05) is 0 Å². The van der Waals surface area contributed by atoms with E-state index in [-0.39, 0.29) is 11.8 Å². The molecular weight excluding hydrogens is 214 g/mol. The van der Waals surface area contributed by atoms with Crippen molar-refractivity contribution in [1.82, 2.24) is 5.32 Å². The Hall–Kier alpha value is -1.64. The number of hydrogen-bond acceptors (Lipinski definition) is 2. The first-order valence-electron chi connectivity index (χ1n) is 6.11. The van der Waals surface area contributed by atoms with E-state index >= 15 is 0 Å². The minimum atomic E-state index is -0.248. The van der Waals surface area contributed by atoms with Crippen LogP contribution in [0.5, 0.6) is 0 Å². The van der Waals surface area contributed by atoms with Crippen molar-refractivity contribution in [3.8, 4) is 0 Å². The molecule has 1 aliphatic heterocycles. The van der Waals surface area contributed by atoms with Crippen LogP contribution in [0.1, 0.15) is 57.7 Å². The van der Waals surface area contributed by atoms with E-state index < -0.39 is 0 Å². The summed E-state index contributed by atoms with van der Waals surface area (Å²) in [5, 5.41) is 2.40. The van der Waals surface area contributed by atoms with Crippen LogP contribution in [0.3, 0.4) is 0 Å². The summed E-state index contributed by atoms with van der Waals surface area (Å²) in [6.45, 7) is 6.06. The molecule has 0 atom stereocenters. The molecule has 90 valence electrons. The molecule has 0 aliphatic carbocycles. The lowest BCUT2D eigenvalue weighted by Crippen LogP contribution is -2.20. The molecule has 3 nitrogen and oxygen atoms in total. The predicted octanol–water partition coefficient (Wildman–Crippen LogP) is 2.39. The zero-order valence-electron chi connectivity index (χ0n) is 10.5. The molecule has 1 N–H and O–H groups in total. The van der Waals surface area contributed by atoms with Crippen LogP contribution in [0, 0.1) is 6.92 Å². The molecule has 17 heavy (non-hydrogen) atoms. The van der Waals surface area contributed by atoms with Crippen LogP contribution in [0.2, 0.25) is 0 Å². The summed E-state index contributed by atoms with van der Waals surface area (Å²) in [5.74, 6) is -0.477. The zero-order chi connectivity index (χ0) is 12.6. The third-order valence-corrected chi connectivity index (χ3v) is 3.29. The normalized spacial score (nSPS) is 13.8. The molecule has 0 spiro atoms. The fourth-order valence-corrected chi connectivity index (χ4v) is 2.55. The van der Waals surface area contributed by atoms with E-state index in [2.05, 4.69) is 19.2 Å². The number of benzene rings is 1. The van der Waals surface area contributed by atoms with Crippen LogP contribution >= 0.6 is 0 Å². The van der Waals surface area contributed by atoms with E-state index in [1.54, 1.807) is 0 Å². The molecule has 0 radical (unpaired) electrons. The highest BCUT2D eigenvalue weighted by molar-refractivity contribution is 6.23. The number of nitrogens with one attached hydrogen (secondary N) is 1. The summed E-state index contributed by atoms with van der Waals surface area (Å²) in [4.78, 5) is 23.6. The third kappa shape index (κ3) is 1.75. The lowest BCUT2D eigenvalue weighted by molar-refractivity contribution is 0.0879. The molecule has 0 bridgehead atoms. The van der Waals surface area contributed by atoms with E-state index in [1.807, 2.05) is 13.0 Å². The van der Waals surface area contributed by atoms with Gasteiger partial charge < -0.3 is 0 Å². The van der Waals surface area contributed by atoms with Crippen molar-refractivity contribution in [3.05, 3.63) is 33.9 Å². The minimum absolute atomic E-state index is 0.230. The largest absolute Gasteiger partial charge is 0.288 e. The molecule has 2 rings (SSSR count). The highest BCUT2D eigenvalue weighted by Crippen LogP contribution is 2.28. The Labute approximate surface area is 101 Å². The number of aryl methyl sites for hydroxylation is 2. The maximum atomic E-state index is 11.9. The topological polar surface area (TPSA) is 46.2 Å². The lowest BCUT2D eigenvalue weighted by Gasteiger charge is -2.12. The van der Waals surface area contributed by atoms with Crippen LogP contribution in [0.4, 0.5) is 0 Å². The summed E-state index contributed by atoms with van der Waals surface area (Å²) < 4.78 is 0. The molecular formula is C14H17NO2. The zero-order valence-corrected chi connectivity index (χ0v) is 10.5. The summed E-state index contributed by atoms with van der Waals surface area (Å²) in [7, 11) is 0. The van der Waals surface area contributed by atoms with Crippen LogP contribution in [-0.2, 0) is 12.8 Å². The quantitative estimate of drug-likeness (QED) is 0.812. The summed E-state index contributed by atoms with van der Waals surface area (Å²) in [6.07, 6.45) is 2.72. The van der Waals surface area contributed by atoms with Gasteiger partial charge in [-0.2, -0.15) is 0 Å². The second kappa shape index (κ2) is 4.32. The second-order valence-corrected chi connectivity index (χ2v) is 4.47. The predicted molar refractivity (Wildman–Crippen MR) is 66.3 cm³/mol. The smallest absolute Gasteiger partial charge is 0.259 e. The van der Waals surface area contributed by atoms with Gasteiger partial charge >= 0.3 is 0 Å². The van der Waals surface area contributed by atoms with E-state index in [4.69, 9.17) is 0 Å². The number of fused-ring (bicyclic) bond motifs is 1. The maximum absolute atomic E-state index is 11.9. The molecule has 1 aromatic rings. The molecule has 0 aromatic heterocycles. The van der Waals surface area contributed by atoms with Crippen molar-refractivity contribution < 1.29 is 9.59 Å². The van der Waals surface area contributed by atoms with Gasteiger partial charge in [0, 0.05) is 0 Å². The number of carbonyl (C=O) groups excluding carboxylic acids is 2. The fraction of sp³-hybridized carbons (Fsp3) is 0.429. The Bertz CT molecular complexity index is 503. The van der Waals surface area contributed by atoms with Gasteiger partial charge in [-0.15, -0.1) is 0 Å².